The summed E-state index contributed by atoms with van der Waals surface area (Å²) in [5.74, 6) is 0.290. The van der Waals surface area contributed by atoms with Crippen molar-refractivity contribution in [3.05, 3.63) is 62.2 Å². The molecule has 2 aromatic rings. The van der Waals surface area contributed by atoms with Crippen LogP contribution in [0.25, 0.3) is 0 Å². The van der Waals surface area contributed by atoms with Crippen molar-refractivity contribution in [3.63, 3.8) is 0 Å². The van der Waals surface area contributed by atoms with Crippen molar-refractivity contribution >= 4 is 27.4 Å². The molecule has 0 spiro atoms. The molecule has 5 nitrogen and oxygen atoms in total. The minimum absolute atomic E-state index is 0.00267. The SMILES string of the molecule is Cc1cnc(NCc2ccc(Br)cc2)c([N+](=O)[O-])c1. The van der Waals surface area contributed by atoms with Gasteiger partial charge < -0.3 is 5.32 Å². The van der Waals surface area contributed by atoms with Gasteiger partial charge in [0.2, 0.25) is 5.82 Å². The molecule has 0 saturated heterocycles. The van der Waals surface area contributed by atoms with Gasteiger partial charge in [0.1, 0.15) is 0 Å². The second kappa shape index (κ2) is 5.79. The summed E-state index contributed by atoms with van der Waals surface area (Å²) in [7, 11) is 0. The molecule has 0 amide bonds. The van der Waals surface area contributed by atoms with Gasteiger partial charge in [-0.2, -0.15) is 0 Å². The summed E-state index contributed by atoms with van der Waals surface area (Å²) in [6.45, 7) is 2.27. The molecule has 0 aliphatic heterocycles. The van der Waals surface area contributed by atoms with Crippen LogP contribution < -0.4 is 5.32 Å². The van der Waals surface area contributed by atoms with Crippen molar-refractivity contribution in [2.75, 3.05) is 5.32 Å². The molecule has 0 bridgehead atoms. The molecule has 1 N–H and O–H groups in total. The van der Waals surface area contributed by atoms with Crippen LogP contribution in [0.5, 0.6) is 0 Å². The maximum atomic E-state index is 10.9. The standard InChI is InChI=1S/C13H12BrN3O2/c1-9-6-12(17(18)19)13(15-7-9)16-8-10-2-4-11(14)5-3-10/h2-7H,8H2,1H3,(H,15,16). The summed E-state index contributed by atoms with van der Waals surface area (Å²) in [5.41, 5.74) is 1.79. The van der Waals surface area contributed by atoms with E-state index in [9.17, 15) is 10.1 Å². The van der Waals surface area contributed by atoms with Crippen LogP contribution in [0.15, 0.2) is 41.0 Å². The lowest BCUT2D eigenvalue weighted by Crippen LogP contribution is -2.04. The van der Waals surface area contributed by atoms with E-state index in [0.717, 1.165) is 15.6 Å². The quantitative estimate of drug-likeness (QED) is 0.689. The van der Waals surface area contributed by atoms with E-state index in [4.69, 9.17) is 0 Å². The zero-order valence-electron chi connectivity index (χ0n) is 10.3. The number of halogens is 1. The van der Waals surface area contributed by atoms with E-state index in [-0.39, 0.29) is 5.69 Å². The first kappa shape index (κ1) is 13.5. The number of anilines is 1. The van der Waals surface area contributed by atoms with Crippen molar-refractivity contribution in [2.45, 2.75) is 13.5 Å². The molecule has 1 heterocycles. The zero-order chi connectivity index (χ0) is 13.8. The highest BCUT2D eigenvalue weighted by Crippen LogP contribution is 2.23. The molecular formula is C13H12BrN3O2. The number of benzene rings is 1. The fraction of sp³-hybridized carbons (Fsp3) is 0.154. The van der Waals surface area contributed by atoms with Crippen LogP contribution in [0.1, 0.15) is 11.1 Å². The number of hydrogen-bond donors (Lipinski definition) is 1. The van der Waals surface area contributed by atoms with Crippen LogP contribution in [0.2, 0.25) is 0 Å². The first-order chi connectivity index (χ1) is 9.06. The molecule has 0 atom stereocenters. The minimum Gasteiger partial charge on any atom is -0.360 e. The molecule has 1 aromatic heterocycles. The van der Waals surface area contributed by atoms with E-state index in [0.29, 0.717) is 12.4 Å². The monoisotopic (exact) mass is 321 g/mol. The Morgan fingerprint density at radius 2 is 2.05 bits per heavy atom. The number of nitrogens with one attached hydrogen (secondary N) is 1. The predicted octanol–water partition coefficient (Wildman–Crippen LogP) is 3.67. The van der Waals surface area contributed by atoms with Gasteiger partial charge in [-0.05, 0) is 30.2 Å². The first-order valence-electron chi connectivity index (χ1n) is 5.65. The van der Waals surface area contributed by atoms with Crippen molar-refractivity contribution in [2.24, 2.45) is 0 Å². The molecular weight excluding hydrogens is 310 g/mol. The molecule has 0 aliphatic carbocycles. The maximum absolute atomic E-state index is 10.9. The van der Waals surface area contributed by atoms with Gasteiger partial charge in [0, 0.05) is 23.3 Å². The van der Waals surface area contributed by atoms with Crippen LogP contribution in [0.3, 0.4) is 0 Å². The molecule has 19 heavy (non-hydrogen) atoms. The number of nitro groups is 1. The maximum Gasteiger partial charge on any atom is 0.311 e. The van der Waals surface area contributed by atoms with E-state index in [1.807, 2.05) is 24.3 Å². The van der Waals surface area contributed by atoms with E-state index in [1.165, 1.54) is 6.07 Å². The normalized spacial score (nSPS) is 10.2. The van der Waals surface area contributed by atoms with E-state index < -0.39 is 4.92 Å². The molecule has 0 aliphatic rings. The molecule has 0 unspecified atom stereocenters. The summed E-state index contributed by atoms with van der Waals surface area (Å²) < 4.78 is 0.996. The van der Waals surface area contributed by atoms with Crippen LogP contribution in [-0.4, -0.2) is 9.91 Å². The average Bonchev–Trinajstić information content (AvgIpc) is 2.39. The third kappa shape index (κ3) is 3.51. The highest BCUT2D eigenvalue weighted by atomic mass is 79.9. The van der Waals surface area contributed by atoms with Gasteiger partial charge in [0.15, 0.2) is 0 Å². The second-order valence-corrected chi connectivity index (χ2v) is 5.03. The van der Waals surface area contributed by atoms with Crippen LogP contribution >= 0.6 is 15.9 Å². The summed E-state index contributed by atoms with van der Waals surface area (Å²) in [6, 6.07) is 9.24. The Labute approximate surface area is 119 Å². The summed E-state index contributed by atoms with van der Waals surface area (Å²) in [6.07, 6.45) is 1.61. The number of nitrogens with zero attached hydrogens (tertiary/aromatic N) is 2. The number of hydrogen-bond acceptors (Lipinski definition) is 4. The Morgan fingerprint density at radius 1 is 1.37 bits per heavy atom. The highest BCUT2D eigenvalue weighted by molar-refractivity contribution is 9.10. The third-order valence-corrected chi connectivity index (χ3v) is 3.10. The Balaban J connectivity index is 2.15. The summed E-state index contributed by atoms with van der Waals surface area (Å²) in [5, 5.41) is 13.9. The van der Waals surface area contributed by atoms with E-state index >= 15 is 0 Å². The molecule has 98 valence electrons. The number of aromatic nitrogens is 1. The number of aryl methyl sites for hydroxylation is 1. The lowest BCUT2D eigenvalue weighted by atomic mass is 10.2. The van der Waals surface area contributed by atoms with Gasteiger partial charge in [-0.3, -0.25) is 10.1 Å². The lowest BCUT2D eigenvalue weighted by Gasteiger charge is -2.07. The Morgan fingerprint density at radius 3 is 2.68 bits per heavy atom. The van der Waals surface area contributed by atoms with E-state index in [1.54, 1.807) is 13.1 Å². The predicted molar refractivity (Wildman–Crippen MR) is 77.1 cm³/mol. The van der Waals surface area contributed by atoms with Crippen LogP contribution in [0, 0.1) is 17.0 Å². The van der Waals surface area contributed by atoms with Gasteiger partial charge in [0.25, 0.3) is 0 Å². The molecule has 1 aromatic carbocycles. The van der Waals surface area contributed by atoms with Crippen molar-refractivity contribution in [1.82, 2.24) is 4.98 Å². The highest BCUT2D eigenvalue weighted by Gasteiger charge is 2.14. The average molecular weight is 322 g/mol. The number of rotatable bonds is 4. The van der Waals surface area contributed by atoms with Crippen LogP contribution in [-0.2, 0) is 6.54 Å². The lowest BCUT2D eigenvalue weighted by molar-refractivity contribution is -0.384. The summed E-state index contributed by atoms with van der Waals surface area (Å²) in [4.78, 5) is 14.6. The fourth-order valence-corrected chi connectivity index (χ4v) is 1.88. The van der Waals surface area contributed by atoms with Crippen molar-refractivity contribution in [3.8, 4) is 0 Å². The van der Waals surface area contributed by atoms with E-state index in [2.05, 4.69) is 26.2 Å². The van der Waals surface area contributed by atoms with Crippen molar-refractivity contribution < 1.29 is 4.92 Å². The topological polar surface area (TPSA) is 68.1 Å². The van der Waals surface area contributed by atoms with Gasteiger partial charge in [-0.25, -0.2) is 4.98 Å². The Kier molecular flexibility index (Phi) is 4.11. The fourth-order valence-electron chi connectivity index (χ4n) is 1.62. The molecule has 2 rings (SSSR count). The Bertz CT molecular complexity index is 599. The Hall–Kier alpha value is -1.95. The third-order valence-electron chi connectivity index (χ3n) is 2.57. The smallest absolute Gasteiger partial charge is 0.311 e. The summed E-state index contributed by atoms with van der Waals surface area (Å²) >= 11 is 3.36. The molecule has 0 fully saturated rings. The van der Waals surface area contributed by atoms with Gasteiger partial charge in [-0.15, -0.1) is 0 Å². The van der Waals surface area contributed by atoms with Gasteiger partial charge in [-0.1, -0.05) is 28.1 Å². The molecule has 0 radical (unpaired) electrons. The molecule has 6 heteroatoms. The van der Waals surface area contributed by atoms with Crippen molar-refractivity contribution in [1.29, 1.82) is 0 Å². The minimum atomic E-state index is -0.427. The first-order valence-corrected chi connectivity index (χ1v) is 6.45. The second-order valence-electron chi connectivity index (χ2n) is 4.12. The van der Waals surface area contributed by atoms with Crippen LogP contribution in [0.4, 0.5) is 11.5 Å². The molecule has 0 saturated carbocycles. The number of pyridine rings is 1. The van der Waals surface area contributed by atoms with Gasteiger partial charge in [0.05, 0.1) is 4.92 Å². The van der Waals surface area contributed by atoms with Gasteiger partial charge >= 0.3 is 5.69 Å². The largest absolute Gasteiger partial charge is 0.360 e. The zero-order valence-corrected chi connectivity index (χ0v) is 11.8.